The Bertz CT molecular complexity index is 976. The molecule has 2 aromatic heterocycles. The van der Waals surface area contributed by atoms with Crippen molar-refractivity contribution in [3.8, 4) is 6.07 Å². The van der Waals surface area contributed by atoms with Crippen molar-refractivity contribution in [3.05, 3.63) is 43.9 Å². The van der Waals surface area contributed by atoms with Crippen LogP contribution in [0.25, 0.3) is 0 Å². The van der Waals surface area contributed by atoms with Gasteiger partial charge in [-0.2, -0.15) is 9.64 Å². The summed E-state index contributed by atoms with van der Waals surface area (Å²) in [7, 11) is 2.98. The van der Waals surface area contributed by atoms with Crippen molar-refractivity contribution in [2.75, 3.05) is 18.0 Å². The van der Waals surface area contributed by atoms with Crippen molar-refractivity contribution in [3.63, 3.8) is 0 Å². The van der Waals surface area contributed by atoms with Crippen molar-refractivity contribution in [1.29, 1.82) is 5.26 Å². The maximum absolute atomic E-state index is 12.3. The van der Waals surface area contributed by atoms with Gasteiger partial charge in [-0.25, -0.2) is 4.79 Å². The molecule has 0 aliphatic carbocycles. The largest absolute Gasteiger partial charge is 0.388 e. The van der Waals surface area contributed by atoms with Crippen LogP contribution in [0.15, 0.2) is 15.8 Å². The molecule has 0 aromatic carbocycles. The molecule has 0 amide bonds. The lowest BCUT2D eigenvalue weighted by molar-refractivity contribution is 0.0905. The molecule has 1 atom stereocenters. The number of aliphatic hydroxyl groups excluding tert-OH is 1. The molecule has 2 aromatic rings. The van der Waals surface area contributed by atoms with Gasteiger partial charge in [-0.1, -0.05) is 0 Å². The minimum atomic E-state index is -0.915. The first kappa shape index (κ1) is 18.4. The fraction of sp³-hybridized carbons (Fsp3) is 0.529. The second kappa shape index (κ2) is 7.05. The summed E-state index contributed by atoms with van der Waals surface area (Å²) in [6.07, 6.45) is 1.90. The van der Waals surface area contributed by atoms with Gasteiger partial charge in [0.1, 0.15) is 16.6 Å². The van der Waals surface area contributed by atoms with Gasteiger partial charge in [-0.3, -0.25) is 9.36 Å². The van der Waals surface area contributed by atoms with Crippen LogP contribution in [-0.4, -0.2) is 31.7 Å². The minimum Gasteiger partial charge on any atom is -0.388 e. The number of anilines is 1. The van der Waals surface area contributed by atoms with Crippen LogP contribution < -0.4 is 16.1 Å². The number of aryl methyl sites for hydroxylation is 2. The van der Waals surface area contributed by atoms with E-state index in [4.69, 9.17) is 0 Å². The predicted molar refractivity (Wildman–Crippen MR) is 98.4 cm³/mol. The van der Waals surface area contributed by atoms with Gasteiger partial charge in [0.25, 0.3) is 5.56 Å². The van der Waals surface area contributed by atoms with Crippen molar-refractivity contribution in [2.45, 2.75) is 25.9 Å². The Balaban J connectivity index is 1.77. The third kappa shape index (κ3) is 3.06. The monoisotopic (exact) mass is 375 g/mol. The number of nitrogens with zero attached hydrogens (tertiary/aromatic N) is 5. The minimum absolute atomic E-state index is 0.0731. The highest BCUT2D eigenvalue weighted by Crippen LogP contribution is 2.34. The molecular weight excluding hydrogens is 354 g/mol. The number of hydrogen-bond acceptors (Lipinski definition) is 7. The van der Waals surface area contributed by atoms with Gasteiger partial charge in [-0.15, -0.1) is 0 Å². The van der Waals surface area contributed by atoms with Crippen molar-refractivity contribution in [1.82, 2.24) is 13.5 Å². The third-order valence-electron chi connectivity index (χ3n) is 5.02. The summed E-state index contributed by atoms with van der Waals surface area (Å²) in [5.74, 6) is -0.0731. The summed E-state index contributed by atoms with van der Waals surface area (Å²) >= 11 is 1.32. The lowest BCUT2D eigenvalue weighted by Crippen LogP contribution is -2.41. The Morgan fingerprint density at radius 3 is 2.62 bits per heavy atom. The Labute approximate surface area is 154 Å². The quantitative estimate of drug-likeness (QED) is 0.846. The van der Waals surface area contributed by atoms with Crippen LogP contribution in [0.1, 0.15) is 35.8 Å². The van der Waals surface area contributed by atoms with E-state index in [-0.39, 0.29) is 11.5 Å². The Morgan fingerprint density at radius 1 is 1.35 bits per heavy atom. The third-order valence-corrected chi connectivity index (χ3v) is 6.02. The highest BCUT2D eigenvalue weighted by Gasteiger charge is 2.30. The summed E-state index contributed by atoms with van der Waals surface area (Å²) in [5, 5.41) is 20.9. The number of piperidine rings is 1. The van der Waals surface area contributed by atoms with Crippen LogP contribution in [0, 0.1) is 24.2 Å². The van der Waals surface area contributed by atoms with E-state index in [1.54, 1.807) is 7.05 Å². The SMILES string of the molecule is Cc1nsc(N2CCC(C(O)c3cn(C)c(=O)n(C)c3=O)CC2)c1C#N. The molecule has 3 rings (SSSR count). The molecule has 8 nitrogen and oxygen atoms in total. The van der Waals surface area contributed by atoms with Crippen molar-refractivity contribution >= 4 is 16.5 Å². The van der Waals surface area contributed by atoms with Crippen LogP contribution in [-0.2, 0) is 14.1 Å². The van der Waals surface area contributed by atoms with Gasteiger partial charge in [0.15, 0.2) is 0 Å². The summed E-state index contributed by atoms with van der Waals surface area (Å²) in [6.45, 7) is 3.19. The van der Waals surface area contributed by atoms with Crippen LogP contribution >= 0.6 is 11.5 Å². The zero-order valence-corrected chi connectivity index (χ0v) is 15.8. The van der Waals surface area contributed by atoms with Crippen molar-refractivity contribution in [2.24, 2.45) is 20.0 Å². The summed E-state index contributed by atoms with van der Waals surface area (Å²) in [5.41, 5.74) is 0.738. The highest BCUT2D eigenvalue weighted by atomic mass is 32.1. The molecule has 0 bridgehead atoms. The number of nitriles is 1. The maximum atomic E-state index is 12.3. The first-order chi connectivity index (χ1) is 12.3. The zero-order valence-electron chi connectivity index (χ0n) is 15.0. The van der Waals surface area contributed by atoms with Gasteiger partial charge in [0.2, 0.25) is 0 Å². The highest BCUT2D eigenvalue weighted by molar-refractivity contribution is 7.10. The van der Waals surface area contributed by atoms with E-state index in [1.165, 1.54) is 29.3 Å². The molecular formula is C17H21N5O3S. The summed E-state index contributed by atoms with van der Waals surface area (Å²) in [6, 6.07) is 2.21. The topological polar surface area (TPSA) is 104 Å². The molecule has 1 saturated heterocycles. The van der Waals surface area contributed by atoms with E-state index in [2.05, 4.69) is 15.3 Å². The summed E-state index contributed by atoms with van der Waals surface area (Å²) < 4.78 is 6.59. The van der Waals surface area contributed by atoms with Crippen LogP contribution in [0.3, 0.4) is 0 Å². The van der Waals surface area contributed by atoms with E-state index < -0.39 is 17.4 Å². The summed E-state index contributed by atoms with van der Waals surface area (Å²) in [4.78, 5) is 26.3. The lowest BCUT2D eigenvalue weighted by Gasteiger charge is -2.34. The molecule has 0 saturated carbocycles. The van der Waals surface area contributed by atoms with Crippen LogP contribution in [0.2, 0.25) is 0 Å². The first-order valence-electron chi connectivity index (χ1n) is 8.41. The molecule has 1 aliphatic heterocycles. The molecule has 0 radical (unpaired) electrons. The fourth-order valence-corrected chi connectivity index (χ4v) is 4.31. The molecule has 1 N–H and O–H groups in total. The molecule has 3 heterocycles. The van der Waals surface area contributed by atoms with Crippen LogP contribution in [0.4, 0.5) is 5.00 Å². The Hall–Kier alpha value is -2.44. The van der Waals surface area contributed by atoms with Gasteiger partial charge < -0.3 is 14.6 Å². The van der Waals surface area contributed by atoms with Gasteiger partial charge in [0.05, 0.1) is 17.4 Å². The molecule has 1 unspecified atom stereocenters. The predicted octanol–water partition coefficient (Wildman–Crippen LogP) is 0.671. The number of rotatable bonds is 3. The Kier molecular flexibility index (Phi) is 4.98. The van der Waals surface area contributed by atoms with E-state index in [0.29, 0.717) is 31.5 Å². The van der Waals surface area contributed by atoms with E-state index >= 15 is 0 Å². The average molecular weight is 375 g/mol. The first-order valence-corrected chi connectivity index (χ1v) is 9.18. The van der Waals surface area contributed by atoms with Gasteiger partial charge >= 0.3 is 5.69 Å². The van der Waals surface area contributed by atoms with E-state index in [1.807, 2.05) is 6.92 Å². The molecule has 9 heteroatoms. The number of aromatic nitrogens is 3. The molecule has 0 spiro atoms. The van der Waals surface area contributed by atoms with E-state index in [0.717, 1.165) is 15.3 Å². The lowest BCUT2D eigenvalue weighted by atomic mass is 9.88. The molecule has 138 valence electrons. The van der Waals surface area contributed by atoms with Crippen LogP contribution in [0.5, 0.6) is 0 Å². The van der Waals surface area contributed by atoms with Gasteiger partial charge in [0, 0.05) is 33.4 Å². The smallest absolute Gasteiger partial charge is 0.330 e. The average Bonchev–Trinajstić information content (AvgIpc) is 3.03. The Morgan fingerprint density at radius 2 is 2.00 bits per heavy atom. The number of aliphatic hydroxyl groups is 1. The second-order valence-corrected chi connectivity index (χ2v) is 7.42. The zero-order chi connectivity index (χ0) is 19.0. The molecule has 1 fully saturated rings. The number of hydrogen-bond donors (Lipinski definition) is 1. The molecule has 26 heavy (non-hydrogen) atoms. The maximum Gasteiger partial charge on any atom is 0.330 e. The van der Waals surface area contributed by atoms with Crippen molar-refractivity contribution < 1.29 is 5.11 Å². The standard InChI is InChI=1S/C17H21N5O3S/c1-10-12(8-18)16(26-19-10)22-6-4-11(5-7-22)14(23)13-9-20(2)17(25)21(3)15(13)24/h9,11,14,23H,4-7H2,1-3H3. The fourth-order valence-electron chi connectivity index (χ4n) is 3.41. The second-order valence-electron chi connectivity index (χ2n) is 6.67. The van der Waals surface area contributed by atoms with E-state index in [9.17, 15) is 20.0 Å². The van der Waals surface area contributed by atoms with Gasteiger partial charge in [-0.05, 0) is 37.2 Å². The normalized spacial score (nSPS) is 16.5. The molecule has 1 aliphatic rings.